The van der Waals surface area contributed by atoms with Crippen LogP contribution in [-0.4, -0.2) is 102 Å². The van der Waals surface area contributed by atoms with Crippen molar-refractivity contribution < 1.29 is 67.8 Å². The van der Waals surface area contributed by atoms with Crippen LogP contribution >= 0.6 is 0 Å². The zero-order valence-corrected chi connectivity index (χ0v) is 31.9. The van der Waals surface area contributed by atoms with Crippen LogP contribution in [0, 0.1) is 0 Å². The molecule has 0 saturated heterocycles. The first kappa shape index (κ1) is 43.1. The summed E-state index contributed by atoms with van der Waals surface area (Å²) in [4.78, 5) is 0. The molecule has 0 amide bonds. The average molecular weight is 757 g/mol. The molecule has 0 aliphatic heterocycles. The van der Waals surface area contributed by atoms with Crippen molar-refractivity contribution in [3.63, 3.8) is 0 Å². The van der Waals surface area contributed by atoms with Crippen molar-refractivity contribution in [3.05, 3.63) is 83.9 Å². The molecule has 0 bridgehead atoms. The molecule has 0 saturated carbocycles. The van der Waals surface area contributed by atoms with E-state index in [2.05, 4.69) is 0 Å². The van der Waals surface area contributed by atoms with Gasteiger partial charge in [-0.25, -0.2) is 0 Å². The molecule has 4 atom stereocenters. The van der Waals surface area contributed by atoms with Crippen molar-refractivity contribution in [1.82, 2.24) is 0 Å². The van der Waals surface area contributed by atoms with E-state index < -0.39 is 37.6 Å². The summed E-state index contributed by atoms with van der Waals surface area (Å²) in [6.07, 6.45) is -4.13. The molecule has 14 heteroatoms. The zero-order valence-electron chi connectivity index (χ0n) is 31.9. The van der Waals surface area contributed by atoms with Gasteiger partial charge in [-0.15, -0.1) is 0 Å². The van der Waals surface area contributed by atoms with Gasteiger partial charge in [-0.2, -0.15) is 0 Å². The van der Waals surface area contributed by atoms with Gasteiger partial charge >= 0.3 is 0 Å². The van der Waals surface area contributed by atoms with Gasteiger partial charge in [0, 0.05) is 0 Å². The summed E-state index contributed by atoms with van der Waals surface area (Å²) in [5.74, 6) is 4.46. The molecular formula is C40H52O14. The Kier molecular flexibility index (Phi) is 17.6. The van der Waals surface area contributed by atoms with Crippen LogP contribution in [0.1, 0.15) is 37.2 Å². The predicted octanol–water partition coefficient (Wildman–Crippen LogP) is 5.17. The Morgan fingerprint density at radius 1 is 0.444 bits per heavy atom. The van der Waals surface area contributed by atoms with Crippen LogP contribution in [0.2, 0.25) is 0 Å². The van der Waals surface area contributed by atoms with Crippen LogP contribution in [0.5, 0.6) is 57.5 Å². The Morgan fingerprint density at radius 3 is 1.02 bits per heavy atom. The van der Waals surface area contributed by atoms with Crippen molar-refractivity contribution in [2.45, 2.75) is 38.3 Å². The van der Waals surface area contributed by atoms with Crippen LogP contribution in [0.25, 0.3) is 0 Å². The van der Waals surface area contributed by atoms with E-state index in [1.54, 1.807) is 72.8 Å². The van der Waals surface area contributed by atoms with Gasteiger partial charge in [-0.05, 0) is 73.5 Å². The van der Waals surface area contributed by atoms with E-state index in [-0.39, 0.29) is 0 Å². The minimum absolute atomic E-state index is 0.304. The topological polar surface area (TPSA) is 173 Å². The first-order chi connectivity index (χ1) is 26.2. The molecule has 296 valence electrons. The van der Waals surface area contributed by atoms with Crippen molar-refractivity contribution in [3.8, 4) is 57.5 Å². The number of rotatable bonds is 20. The van der Waals surface area contributed by atoms with E-state index in [0.717, 1.165) is 0 Å². The maximum Gasteiger partial charge on any atom is 0.203 e. The summed E-state index contributed by atoms with van der Waals surface area (Å²) in [5.41, 5.74) is 1.03. The lowest BCUT2D eigenvalue weighted by Gasteiger charge is -2.25. The van der Waals surface area contributed by atoms with Gasteiger partial charge in [-0.1, -0.05) is 24.3 Å². The predicted molar refractivity (Wildman–Crippen MR) is 200 cm³/mol. The van der Waals surface area contributed by atoms with Gasteiger partial charge < -0.3 is 67.8 Å². The SMILES string of the molecule is CCOc1ccc([C@@H](O)[C@@H](CO)Oc2c(OC)cccc2OC)cc1OC.CCOc1ccc([C@@H](O)[C@@H](CO)Oc2c(OC)cccc2OC)cc1OC. The van der Waals surface area contributed by atoms with Gasteiger partial charge in [0.25, 0.3) is 0 Å². The minimum atomic E-state index is -1.12. The number of hydrogen-bond acceptors (Lipinski definition) is 14. The second-order valence-electron chi connectivity index (χ2n) is 11.2. The first-order valence-corrected chi connectivity index (χ1v) is 17.1. The maximum atomic E-state index is 10.7. The van der Waals surface area contributed by atoms with Crippen LogP contribution in [-0.2, 0) is 0 Å². The van der Waals surface area contributed by atoms with E-state index in [0.29, 0.717) is 81.8 Å². The number of hydrogen-bond donors (Lipinski definition) is 4. The molecule has 4 N–H and O–H groups in total. The molecule has 4 aromatic rings. The van der Waals surface area contributed by atoms with Gasteiger partial charge in [0.1, 0.15) is 12.2 Å². The third-order valence-electron chi connectivity index (χ3n) is 8.03. The molecule has 4 aromatic carbocycles. The summed E-state index contributed by atoms with van der Waals surface area (Å²) in [6, 6.07) is 20.5. The highest BCUT2D eigenvalue weighted by atomic mass is 16.6. The Bertz CT molecular complexity index is 1550. The second kappa shape index (κ2) is 22.1. The molecule has 0 fully saturated rings. The highest BCUT2D eigenvalue weighted by Gasteiger charge is 2.28. The van der Waals surface area contributed by atoms with Crippen molar-refractivity contribution >= 4 is 0 Å². The lowest BCUT2D eigenvalue weighted by molar-refractivity contribution is -0.00183. The molecular weight excluding hydrogens is 704 g/mol. The fraction of sp³-hybridized carbons (Fsp3) is 0.400. The minimum Gasteiger partial charge on any atom is -0.493 e. The normalized spacial score (nSPS) is 12.8. The maximum absolute atomic E-state index is 10.7. The van der Waals surface area contributed by atoms with E-state index in [4.69, 9.17) is 47.4 Å². The molecule has 0 aromatic heterocycles. The number of aliphatic hydroxyl groups is 4. The van der Waals surface area contributed by atoms with Crippen LogP contribution in [0.15, 0.2) is 72.8 Å². The molecule has 0 aliphatic carbocycles. The summed E-state index contributed by atoms with van der Waals surface area (Å²) >= 11 is 0. The van der Waals surface area contributed by atoms with Crippen molar-refractivity contribution in [2.75, 3.05) is 69.1 Å². The standard InChI is InChI=1S/2C20H26O7/c2*1-5-26-14-10-9-13(11-17(14)25-4)19(22)18(12-21)27-20-15(23-2)7-6-8-16(20)24-3/h2*6-11,18-19,21-22H,5,12H2,1-4H3/t2*18-,19-/m11/s1. The Balaban J connectivity index is 0.000000290. The van der Waals surface area contributed by atoms with Crippen LogP contribution in [0.4, 0.5) is 0 Å². The quantitative estimate of drug-likeness (QED) is 0.0931. The smallest absolute Gasteiger partial charge is 0.203 e. The lowest BCUT2D eigenvalue weighted by atomic mass is 10.0. The molecule has 0 unspecified atom stereocenters. The van der Waals surface area contributed by atoms with E-state index >= 15 is 0 Å². The van der Waals surface area contributed by atoms with E-state index in [1.807, 2.05) is 13.8 Å². The summed E-state index contributed by atoms with van der Waals surface area (Å²) < 4.78 is 54.5. The monoisotopic (exact) mass is 756 g/mol. The number of aliphatic hydroxyl groups excluding tert-OH is 4. The molecule has 54 heavy (non-hydrogen) atoms. The number of para-hydroxylation sites is 2. The van der Waals surface area contributed by atoms with E-state index in [9.17, 15) is 20.4 Å². The average Bonchev–Trinajstić information content (AvgIpc) is 3.21. The third kappa shape index (κ3) is 10.9. The largest absolute Gasteiger partial charge is 0.493 e. The van der Waals surface area contributed by atoms with Gasteiger partial charge in [0.05, 0.1) is 69.1 Å². The Labute approximate surface area is 316 Å². The summed E-state index contributed by atoms with van der Waals surface area (Å²) in [5, 5.41) is 41.1. The molecule has 0 radical (unpaired) electrons. The Morgan fingerprint density at radius 2 is 0.759 bits per heavy atom. The highest BCUT2D eigenvalue weighted by molar-refractivity contribution is 5.52. The van der Waals surface area contributed by atoms with Crippen LogP contribution in [0.3, 0.4) is 0 Å². The third-order valence-corrected chi connectivity index (χ3v) is 8.03. The highest BCUT2D eigenvalue weighted by Crippen LogP contribution is 2.41. The van der Waals surface area contributed by atoms with Crippen molar-refractivity contribution in [1.29, 1.82) is 0 Å². The Hall–Kier alpha value is -5.28. The molecule has 0 heterocycles. The van der Waals surface area contributed by atoms with Crippen LogP contribution < -0.4 is 47.4 Å². The molecule has 14 nitrogen and oxygen atoms in total. The lowest BCUT2D eigenvalue weighted by Crippen LogP contribution is -2.29. The summed E-state index contributed by atoms with van der Waals surface area (Å²) in [7, 11) is 9.06. The second-order valence-corrected chi connectivity index (χ2v) is 11.2. The fourth-order valence-corrected chi connectivity index (χ4v) is 5.29. The van der Waals surface area contributed by atoms with Gasteiger partial charge in [-0.3, -0.25) is 0 Å². The number of methoxy groups -OCH3 is 6. The van der Waals surface area contributed by atoms with E-state index in [1.165, 1.54) is 42.7 Å². The fourth-order valence-electron chi connectivity index (χ4n) is 5.29. The van der Waals surface area contributed by atoms with Gasteiger partial charge in [0.15, 0.2) is 58.2 Å². The summed E-state index contributed by atoms with van der Waals surface area (Å²) in [6.45, 7) is 3.90. The van der Waals surface area contributed by atoms with Gasteiger partial charge in [0.2, 0.25) is 11.5 Å². The zero-order chi connectivity index (χ0) is 39.6. The number of benzene rings is 4. The molecule has 0 spiro atoms. The number of ether oxygens (including phenoxy) is 10. The first-order valence-electron chi connectivity index (χ1n) is 17.1. The van der Waals surface area contributed by atoms with Crippen molar-refractivity contribution in [2.24, 2.45) is 0 Å². The molecule has 4 rings (SSSR count). The molecule has 0 aliphatic rings.